The lowest BCUT2D eigenvalue weighted by Gasteiger charge is -2.40. The van der Waals surface area contributed by atoms with E-state index in [9.17, 15) is 4.79 Å². The minimum Gasteiger partial charge on any atom is -0.494 e. The second-order valence-corrected chi connectivity index (χ2v) is 8.12. The zero-order valence-corrected chi connectivity index (χ0v) is 16.2. The van der Waals surface area contributed by atoms with Gasteiger partial charge in [0.05, 0.1) is 22.9 Å². The van der Waals surface area contributed by atoms with Crippen molar-refractivity contribution in [2.24, 2.45) is 0 Å². The Morgan fingerprint density at radius 2 is 2.12 bits per heavy atom. The molecule has 136 valence electrons. The molecular weight excluding hydrogens is 334 g/mol. The van der Waals surface area contributed by atoms with Crippen molar-refractivity contribution in [1.82, 2.24) is 14.9 Å². The Kier molecular flexibility index (Phi) is 5.57. The van der Waals surface area contributed by atoms with Gasteiger partial charge in [0, 0.05) is 18.2 Å². The zero-order chi connectivity index (χ0) is 18.0. The van der Waals surface area contributed by atoms with Gasteiger partial charge >= 0.3 is 0 Å². The molecule has 25 heavy (non-hydrogen) atoms. The van der Waals surface area contributed by atoms with Crippen LogP contribution in [0.25, 0.3) is 11.0 Å². The van der Waals surface area contributed by atoms with Crippen molar-refractivity contribution >= 4 is 28.7 Å². The molecule has 1 aromatic heterocycles. The van der Waals surface area contributed by atoms with Crippen LogP contribution >= 0.6 is 11.8 Å². The first-order valence-corrected chi connectivity index (χ1v) is 9.99. The van der Waals surface area contributed by atoms with Crippen LogP contribution < -0.4 is 4.74 Å². The van der Waals surface area contributed by atoms with Crippen LogP contribution in [0.3, 0.4) is 0 Å². The highest BCUT2D eigenvalue weighted by Gasteiger charge is 2.32. The average molecular weight is 362 g/mol. The number of benzene rings is 1. The molecule has 3 rings (SSSR count). The predicted octanol–water partition coefficient (Wildman–Crippen LogP) is 4.23. The number of hydrogen-bond acceptors (Lipinski definition) is 4. The molecule has 0 spiro atoms. The number of H-pyrrole nitrogens is 1. The fourth-order valence-corrected chi connectivity index (χ4v) is 4.44. The van der Waals surface area contributed by atoms with Gasteiger partial charge in [0.2, 0.25) is 5.91 Å². The normalized spacial score (nSPS) is 22.2. The number of nitrogens with zero attached hydrogens (tertiary/aromatic N) is 2. The molecule has 0 saturated carbocycles. The zero-order valence-electron chi connectivity index (χ0n) is 15.4. The number of aromatic nitrogens is 2. The molecule has 2 aromatic rings. The molecule has 0 bridgehead atoms. The lowest BCUT2D eigenvalue weighted by Crippen LogP contribution is -2.50. The summed E-state index contributed by atoms with van der Waals surface area (Å²) >= 11 is 1.50. The first-order valence-electron chi connectivity index (χ1n) is 9.11. The van der Waals surface area contributed by atoms with Gasteiger partial charge in [-0.05, 0) is 59.1 Å². The minimum atomic E-state index is -0.157. The first kappa shape index (κ1) is 18.1. The lowest BCUT2D eigenvalue weighted by molar-refractivity contribution is -0.136. The molecule has 6 heteroatoms. The number of piperidine rings is 1. The number of likely N-dealkylation sites (tertiary alicyclic amines) is 1. The maximum Gasteiger partial charge on any atom is 0.236 e. The van der Waals surface area contributed by atoms with Crippen LogP contribution in [0.2, 0.25) is 0 Å². The summed E-state index contributed by atoms with van der Waals surface area (Å²) in [5, 5.41) is 0.622. The highest BCUT2D eigenvalue weighted by molar-refractivity contribution is 8.00. The molecule has 0 aliphatic carbocycles. The summed E-state index contributed by atoms with van der Waals surface area (Å²) < 4.78 is 5.53. The second-order valence-electron chi connectivity index (χ2n) is 6.79. The molecule has 1 aliphatic heterocycles. The highest BCUT2D eigenvalue weighted by Crippen LogP contribution is 2.30. The van der Waals surface area contributed by atoms with E-state index < -0.39 is 0 Å². The quantitative estimate of drug-likeness (QED) is 0.810. The van der Waals surface area contributed by atoms with Crippen LogP contribution in [0.15, 0.2) is 23.4 Å². The summed E-state index contributed by atoms with van der Waals surface area (Å²) in [7, 11) is 0. The molecule has 1 N–H and O–H groups in total. The number of rotatable bonds is 5. The van der Waals surface area contributed by atoms with E-state index in [0.29, 0.717) is 18.7 Å². The van der Waals surface area contributed by atoms with Gasteiger partial charge in [-0.3, -0.25) is 4.79 Å². The predicted molar refractivity (Wildman–Crippen MR) is 102 cm³/mol. The van der Waals surface area contributed by atoms with Crippen molar-refractivity contribution < 1.29 is 9.53 Å². The summed E-state index contributed by atoms with van der Waals surface area (Å²) in [6, 6.07) is 6.47. The standard InChI is InChI=1S/C19H27N3O2S/c1-5-24-15-9-10-16-17(11-15)21-19(20-16)25-14(4)18(23)22-12(2)7-6-8-13(22)3/h9-14H,5-8H2,1-4H3,(H,20,21)/t12-,13-,14+/m0/s1. The van der Waals surface area contributed by atoms with Gasteiger partial charge in [-0.1, -0.05) is 11.8 Å². The van der Waals surface area contributed by atoms with Gasteiger partial charge in [0.15, 0.2) is 5.16 Å². The number of imidazole rings is 1. The van der Waals surface area contributed by atoms with E-state index >= 15 is 0 Å². The van der Waals surface area contributed by atoms with Crippen LogP contribution in [-0.4, -0.2) is 44.7 Å². The summed E-state index contributed by atoms with van der Waals surface area (Å²) in [4.78, 5) is 22.9. The van der Waals surface area contributed by atoms with Crippen LogP contribution in [0, 0.1) is 0 Å². The van der Waals surface area contributed by atoms with Gasteiger partial charge in [-0.15, -0.1) is 0 Å². The number of fused-ring (bicyclic) bond motifs is 1. The maximum atomic E-state index is 12.9. The molecular formula is C19H27N3O2S. The van der Waals surface area contributed by atoms with Gasteiger partial charge < -0.3 is 14.6 Å². The Bertz CT molecular complexity index is 735. The van der Waals surface area contributed by atoms with Gasteiger partial charge in [-0.25, -0.2) is 4.98 Å². The van der Waals surface area contributed by atoms with E-state index in [4.69, 9.17) is 4.74 Å². The van der Waals surface area contributed by atoms with Gasteiger partial charge in [-0.2, -0.15) is 0 Å². The first-order chi connectivity index (χ1) is 12.0. The number of ether oxygens (including phenoxy) is 1. The Morgan fingerprint density at radius 3 is 2.80 bits per heavy atom. The van der Waals surface area contributed by atoms with Gasteiger partial charge in [0.1, 0.15) is 5.75 Å². The molecule has 1 saturated heterocycles. The summed E-state index contributed by atoms with van der Waals surface area (Å²) in [5.41, 5.74) is 1.83. The molecule has 1 amide bonds. The van der Waals surface area contributed by atoms with E-state index in [1.807, 2.05) is 32.0 Å². The number of nitrogens with one attached hydrogen (secondary N) is 1. The van der Waals surface area contributed by atoms with Crippen LogP contribution in [-0.2, 0) is 4.79 Å². The van der Waals surface area contributed by atoms with Crippen molar-refractivity contribution in [2.75, 3.05) is 6.61 Å². The van der Waals surface area contributed by atoms with Crippen LogP contribution in [0.1, 0.15) is 47.0 Å². The molecule has 1 fully saturated rings. The van der Waals surface area contributed by atoms with Crippen molar-refractivity contribution in [2.45, 2.75) is 69.4 Å². The number of carbonyl (C=O) groups excluding carboxylic acids is 1. The smallest absolute Gasteiger partial charge is 0.236 e. The summed E-state index contributed by atoms with van der Waals surface area (Å²) in [6.45, 7) is 8.88. The Labute approximate surface area is 153 Å². The van der Waals surface area contributed by atoms with E-state index in [0.717, 1.165) is 34.8 Å². The Hall–Kier alpha value is -1.69. The third-order valence-corrected chi connectivity index (χ3v) is 5.80. The number of thioether (sulfide) groups is 1. The maximum absolute atomic E-state index is 12.9. The van der Waals surface area contributed by atoms with Gasteiger partial charge in [0.25, 0.3) is 0 Å². The monoisotopic (exact) mass is 361 g/mol. The SMILES string of the molecule is CCOc1ccc2nc(S[C@H](C)C(=O)N3[C@@H](C)CCC[C@@H]3C)[nH]c2c1. The fraction of sp³-hybridized carbons (Fsp3) is 0.579. The number of aromatic amines is 1. The lowest BCUT2D eigenvalue weighted by atomic mass is 9.97. The molecule has 1 aliphatic rings. The molecule has 1 aromatic carbocycles. The molecule has 5 nitrogen and oxygen atoms in total. The van der Waals surface area contributed by atoms with E-state index in [1.165, 1.54) is 18.2 Å². The van der Waals surface area contributed by atoms with Crippen LogP contribution in [0.5, 0.6) is 5.75 Å². The van der Waals surface area contributed by atoms with Crippen molar-refractivity contribution in [3.05, 3.63) is 18.2 Å². The van der Waals surface area contributed by atoms with E-state index in [2.05, 4.69) is 28.7 Å². The van der Waals surface area contributed by atoms with Crippen LogP contribution in [0.4, 0.5) is 0 Å². The fourth-order valence-electron chi connectivity index (χ4n) is 3.56. The molecule has 3 atom stereocenters. The topological polar surface area (TPSA) is 58.2 Å². The largest absolute Gasteiger partial charge is 0.494 e. The van der Waals surface area contributed by atoms with Crippen molar-refractivity contribution in [1.29, 1.82) is 0 Å². The third-order valence-electron chi connectivity index (χ3n) is 4.83. The highest BCUT2D eigenvalue weighted by atomic mass is 32.2. The molecule has 2 heterocycles. The van der Waals surface area contributed by atoms with Crippen molar-refractivity contribution in [3.8, 4) is 5.75 Å². The Balaban J connectivity index is 1.72. The second kappa shape index (κ2) is 7.68. The number of hydrogen-bond donors (Lipinski definition) is 1. The summed E-state index contributed by atoms with van der Waals surface area (Å²) in [5.74, 6) is 1.04. The molecule has 0 unspecified atom stereocenters. The van der Waals surface area contributed by atoms with Crippen molar-refractivity contribution in [3.63, 3.8) is 0 Å². The summed E-state index contributed by atoms with van der Waals surface area (Å²) in [6.07, 6.45) is 3.40. The Morgan fingerprint density at radius 1 is 1.40 bits per heavy atom. The van der Waals surface area contributed by atoms with E-state index in [-0.39, 0.29) is 11.2 Å². The number of carbonyl (C=O) groups is 1. The average Bonchev–Trinajstić information content (AvgIpc) is 2.96. The number of amides is 1. The molecule has 0 radical (unpaired) electrons. The van der Waals surface area contributed by atoms with E-state index in [1.54, 1.807) is 0 Å². The minimum absolute atomic E-state index is 0.157. The third kappa shape index (κ3) is 3.94.